The number of anilines is 1. The zero-order chi connectivity index (χ0) is 44.9. The van der Waals surface area contributed by atoms with E-state index in [1.807, 2.05) is 27.7 Å². The fourth-order valence-electron chi connectivity index (χ4n) is 10.3. The van der Waals surface area contributed by atoms with Gasteiger partial charge in [0.2, 0.25) is 11.8 Å². The topological polar surface area (TPSA) is 166 Å². The lowest BCUT2D eigenvalue weighted by molar-refractivity contribution is -0.139. The summed E-state index contributed by atoms with van der Waals surface area (Å²) in [4.78, 5) is 46.7. The summed E-state index contributed by atoms with van der Waals surface area (Å²) in [6, 6.07) is 5.96. The number of aromatic nitrogens is 3. The molecule has 4 aromatic rings. The first-order chi connectivity index (χ1) is 30.7. The standard InChI is InChI=1S/C48H62F2N8O6/c1-5-34-37(49)9-6-28-20-32(60)21-35(39(28)34)41-40(50)42-36(22-51-41)44(58-23-29-7-8-30(24-58)52-29)55-46(54-42)64-27-48(14-15-48)26-56-16-11-33(12-17-56)63-19-13-38(61)53-43(47(2,3)4)45(62)57-18-10-31(59)25-57/h6,9,20-22,29-31,33,43,52,59-60H,5,7-8,10-19,23-27H2,1-4H3,(H,53,61)/t29-,30?,31?,43?/m0/s1. The Bertz CT molecular complexity index is 2390. The van der Waals surface area contributed by atoms with Gasteiger partial charge in [0.1, 0.15) is 34.6 Å². The normalized spacial score (nSPS) is 23.0. The molecular formula is C48H62F2N8O6. The van der Waals surface area contributed by atoms with E-state index in [-0.39, 0.29) is 59.3 Å². The molecule has 4 aliphatic heterocycles. The SMILES string of the molecule is CCc1c(F)ccc2cc(O)cc(-c3ncc4c(N5CC6CC[C@@H](C5)N6)nc(OCC5(CN6CCC(OCCC(=O)NC(C(=O)N7CCC(O)C7)C(C)(C)C)CC6)CC5)nc4c3F)c12. The Morgan fingerprint density at radius 3 is 2.44 bits per heavy atom. The fourth-order valence-corrected chi connectivity index (χ4v) is 10.3. The van der Waals surface area contributed by atoms with E-state index >= 15 is 8.78 Å². The Hall–Kier alpha value is -4.77. The number of aliphatic hydroxyl groups is 1. The molecule has 344 valence electrons. The zero-order valence-electron chi connectivity index (χ0n) is 37.5. The number of carbonyl (C=O) groups excluding carboxylic acids is 2. The van der Waals surface area contributed by atoms with Gasteiger partial charge >= 0.3 is 6.01 Å². The first-order valence-electron chi connectivity index (χ1n) is 23.2. The van der Waals surface area contributed by atoms with E-state index in [2.05, 4.69) is 25.4 Å². The number of phenols is 1. The van der Waals surface area contributed by atoms with Crippen LogP contribution >= 0.6 is 0 Å². The van der Waals surface area contributed by atoms with E-state index in [0.29, 0.717) is 90.8 Å². The molecule has 5 fully saturated rings. The molecule has 0 spiro atoms. The number of pyridine rings is 1. The van der Waals surface area contributed by atoms with Gasteiger partial charge in [-0.1, -0.05) is 33.8 Å². The van der Waals surface area contributed by atoms with Gasteiger partial charge in [-0.2, -0.15) is 9.97 Å². The van der Waals surface area contributed by atoms with Crippen LogP contribution in [0.25, 0.3) is 32.9 Å². The number of aromatic hydroxyl groups is 1. The second-order valence-corrected chi connectivity index (χ2v) is 20.0. The van der Waals surface area contributed by atoms with Crippen LogP contribution in [0.4, 0.5) is 14.6 Å². The Morgan fingerprint density at radius 2 is 1.77 bits per heavy atom. The maximum Gasteiger partial charge on any atom is 0.319 e. The van der Waals surface area contributed by atoms with Gasteiger partial charge < -0.3 is 45.0 Å². The Labute approximate surface area is 373 Å². The number of ether oxygens (including phenoxy) is 2. The van der Waals surface area contributed by atoms with Crippen LogP contribution in [-0.4, -0.2) is 136 Å². The monoisotopic (exact) mass is 884 g/mol. The van der Waals surface area contributed by atoms with Crippen molar-refractivity contribution < 1.29 is 38.1 Å². The number of fused-ring (bicyclic) bond motifs is 4. The van der Waals surface area contributed by atoms with Gasteiger partial charge in [-0.25, -0.2) is 8.78 Å². The highest BCUT2D eigenvalue weighted by molar-refractivity contribution is 6.02. The summed E-state index contributed by atoms with van der Waals surface area (Å²) < 4.78 is 44.9. The third-order valence-corrected chi connectivity index (χ3v) is 14.1. The predicted octanol–water partition coefficient (Wildman–Crippen LogP) is 5.49. The van der Waals surface area contributed by atoms with E-state index in [9.17, 15) is 19.8 Å². The molecule has 6 heterocycles. The van der Waals surface area contributed by atoms with Gasteiger partial charge in [0.05, 0.1) is 30.8 Å². The molecule has 2 bridgehead atoms. The highest BCUT2D eigenvalue weighted by Crippen LogP contribution is 2.47. The summed E-state index contributed by atoms with van der Waals surface area (Å²) in [5, 5.41) is 28.8. The van der Waals surface area contributed by atoms with Gasteiger partial charge in [0, 0.05) is 81.5 Å². The molecule has 4 atom stereocenters. The maximum absolute atomic E-state index is 17.1. The first-order valence-corrected chi connectivity index (χ1v) is 23.2. The number of aliphatic hydroxyl groups excluding tert-OH is 1. The Morgan fingerprint density at radius 1 is 1.02 bits per heavy atom. The van der Waals surface area contributed by atoms with Crippen LogP contribution in [-0.2, 0) is 20.7 Å². The number of benzene rings is 2. The quantitative estimate of drug-likeness (QED) is 0.126. The van der Waals surface area contributed by atoms with Gasteiger partial charge in [-0.05, 0) is 91.3 Å². The number of carbonyl (C=O) groups is 2. The fraction of sp³-hybridized carbons (Fsp3) is 0.604. The van der Waals surface area contributed by atoms with Gasteiger partial charge in [0.15, 0.2) is 5.82 Å². The van der Waals surface area contributed by atoms with E-state index < -0.39 is 29.2 Å². The van der Waals surface area contributed by atoms with Crippen molar-refractivity contribution in [3.63, 3.8) is 0 Å². The third kappa shape index (κ3) is 9.33. The number of nitrogens with one attached hydrogen (secondary N) is 2. The number of nitrogens with zero attached hydrogens (tertiary/aromatic N) is 6. The second kappa shape index (κ2) is 17.9. The molecule has 14 nitrogen and oxygen atoms in total. The minimum atomic E-state index is -0.685. The van der Waals surface area contributed by atoms with Crippen LogP contribution < -0.4 is 20.3 Å². The number of hydrogen-bond donors (Lipinski definition) is 4. The number of β-amino-alcohol motifs (C(OH)–C–C–N with tert-alkyl or cyclic N) is 1. The number of aryl methyl sites for hydroxylation is 1. The molecule has 64 heavy (non-hydrogen) atoms. The van der Waals surface area contributed by atoms with Crippen molar-refractivity contribution in [3.8, 4) is 23.0 Å². The number of halogens is 2. The van der Waals surface area contributed by atoms with Crippen molar-refractivity contribution in [2.45, 2.75) is 116 Å². The molecule has 2 aromatic heterocycles. The average Bonchev–Trinajstić information content (AvgIpc) is 3.75. The number of likely N-dealkylation sites (tertiary alicyclic amines) is 2. The van der Waals surface area contributed by atoms with Crippen LogP contribution in [0.15, 0.2) is 30.5 Å². The molecule has 2 amide bonds. The summed E-state index contributed by atoms with van der Waals surface area (Å²) in [5.41, 5.74) is 0.182. The summed E-state index contributed by atoms with van der Waals surface area (Å²) in [6.07, 6.45) is 7.93. The third-order valence-electron chi connectivity index (χ3n) is 14.1. The van der Waals surface area contributed by atoms with E-state index in [1.165, 1.54) is 12.1 Å². The van der Waals surface area contributed by atoms with Gasteiger partial charge in [-0.3, -0.25) is 14.6 Å². The Balaban J connectivity index is 0.852. The molecule has 0 radical (unpaired) electrons. The maximum atomic E-state index is 17.1. The van der Waals surface area contributed by atoms with E-state index in [4.69, 9.17) is 19.4 Å². The summed E-state index contributed by atoms with van der Waals surface area (Å²) >= 11 is 0. The molecular weight excluding hydrogens is 823 g/mol. The second-order valence-electron chi connectivity index (χ2n) is 20.0. The largest absolute Gasteiger partial charge is 0.508 e. The number of piperidine rings is 1. The smallest absolute Gasteiger partial charge is 0.319 e. The molecule has 16 heteroatoms. The first kappa shape index (κ1) is 44.4. The summed E-state index contributed by atoms with van der Waals surface area (Å²) in [5.74, 6) is -0.970. The number of phenolic OH excluding ortho intramolecular Hbond substituents is 1. The molecule has 1 aliphatic carbocycles. The van der Waals surface area contributed by atoms with E-state index in [0.717, 1.165) is 58.2 Å². The summed E-state index contributed by atoms with van der Waals surface area (Å²) in [7, 11) is 0. The lowest BCUT2D eigenvalue weighted by atomic mass is 9.85. The highest BCUT2D eigenvalue weighted by atomic mass is 19.1. The minimum absolute atomic E-state index is 0.0280. The number of piperazine rings is 1. The number of hydrogen-bond acceptors (Lipinski definition) is 12. The zero-order valence-corrected chi connectivity index (χ0v) is 37.5. The van der Waals surface area contributed by atoms with Crippen molar-refractivity contribution in [2.75, 3.05) is 63.9 Å². The van der Waals surface area contributed by atoms with Crippen LogP contribution in [0.1, 0.15) is 84.6 Å². The molecule has 9 rings (SSSR count). The summed E-state index contributed by atoms with van der Waals surface area (Å²) in [6.45, 7) is 13.0. The lowest BCUT2D eigenvalue weighted by Gasteiger charge is -2.35. The van der Waals surface area contributed by atoms with Crippen molar-refractivity contribution in [1.29, 1.82) is 0 Å². The lowest BCUT2D eigenvalue weighted by Crippen LogP contribution is -2.54. The van der Waals surface area contributed by atoms with Crippen molar-refractivity contribution in [2.24, 2.45) is 10.8 Å². The van der Waals surface area contributed by atoms with Gasteiger partial charge in [0.25, 0.3) is 0 Å². The van der Waals surface area contributed by atoms with Crippen molar-refractivity contribution >= 4 is 39.3 Å². The van der Waals surface area contributed by atoms with Gasteiger partial charge in [-0.15, -0.1) is 0 Å². The Kier molecular flexibility index (Phi) is 12.4. The molecule has 4 saturated heterocycles. The van der Waals surface area contributed by atoms with Crippen molar-refractivity contribution in [1.82, 2.24) is 35.4 Å². The highest BCUT2D eigenvalue weighted by Gasteiger charge is 2.46. The molecule has 2 aromatic carbocycles. The van der Waals surface area contributed by atoms with Crippen LogP contribution in [0.3, 0.4) is 0 Å². The van der Waals surface area contributed by atoms with Crippen LogP contribution in [0.5, 0.6) is 11.8 Å². The van der Waals surface area contributed by atoms with Crippen molar-refractivity contribution in [3.05, 3.63) is 47.7 Å². The van der Waals surface area contributed by atoms with E-state index in [1.54, 1.807) is 23.2 Å². The molecule has 5 aliphatic rings. The molecule has 1 saturated carbocycles. The van der Waals surface area contributed by atoms with Crippen LogP contribution in [0, 0.1) is 22.5 Å². The molecule has 3 unspecified atom stereocenters. The predicted molar refractivity (Wildman–Crippen MR) is 239 cm³/mol. The number of amides is 2. The van der Waals surface area contributed by atoms with Crippen LogP contribution in [0.2, 0.25) is 0 Å². The minimum Gasteiger partial charge on any atom is -0.508 e. The number of rotatable bonds is 14. The average molecular weight is 885 g/mol. The molecule has 4 N–H and O–H groups in total.